The number of nitrogens with zero attached hydrogens (tertiary/aromatic N) is 3. The molecule has 0 radical (unpaired) electrons. The average Bonchev–Trinajstić information content (AvgIpc) is 2.91. The van der Waals surface area contributed by atoms with Gasteiger partial charge in [0.15, 0.2) is 0 Å². The van der Waals surface area contributed by atoms with E-state index in [1.165, 1.54) is 16.7 Å². The first-order valence-electron chi connectivity index (χ1n) is 11.1. The molecule has 1 heterocycles. The average molecular weight is 579 g/mol. The molecule has 3 rings (SSSR count). The maximum Gasteiger partial charge on any atom is 0.252 e. The number of carbonyl (C=O) groups excluding carboxylic acids is 3. The second-order valence-electron chi connectivity index (χ2n) is 8.32. The van der Waals surface area contributed by atoms with Crippen LogP contribution in [0.4, 0.5) is 11.4 Å². The van der Waals surface area contributed by atoms with Gasteiger partial charge < -0.3 is 25.2 Å². The van der Waals surface area contributed by atoms with Crippen molar-refractivity contribution in [1.82, 2.24) is 10.6 Å². The Balaban J connectivity index is 0.00000456. The van der Waals surface area contributed by atoms with E-state index in [0.717, 1.165) is 10.0 Å². The fourth-order valence-electron chi connectivity index (χ4n) is 4.13. The van der Waals surface area contributed by atoms with Crippen molar-refractivity contribution < 1.29 is 19.1 Å². The molecular weight excluding hydrogens is 550 g/mol. The van der Waals surface area contributed by atoms with Crippen LogP contribution in [0.5, 0.6) is 5.75 Å². The Labute approximate surface area is 225 Å². The van der Waals surface area contributed by atoms with Crippen LogP contribution in [0.15, 0.2) is 40.9 Å². The van der Waals surface area contributed by atoms with Crippen LogP contribution in [-0.4, -0.2) is 50.0 Å². The zero-order valence-electron chi connectivity index (χ0n) is 20.7. The van der Waals surface area contributed by atoms with Gasteiger partial charge >= 0.3 is 0 Å². The van der Waals surface area contributed by atoms with Crippen LogP contribution in [0.2, 0.25) is 0 Å². The van der Waals surface area contributed by atoms with E-state index < -0.39 is 18.1 Å². The Morgan fingerprint density at radius 1 is 1.22 bits per heavy atom. The number of anilines is 2. The summed E-state index contributed by atoms with van der Waals surface area (Å²) >= 11 is 3.47. The topological polar surface area (TPSA) is 115 Å². The summed E-state index contributed by atoms with van der Waals surface area (Å²) in [4.78, 5) is 42.6. The number of methoxy groups -OCH3 is 1. The molecule has 0 bridgehead atoms. The molecule has 11 heteroatoms. The monoisotopic (exact) mass is 577 g/mol. The zero-order valence-corrected chi connectivity index (χ0v) is 23.1. The smallest absolute Gasteiger partial charge is 0.252 e. The molecule has 2 N–H and O–H groups in total. The van der Waals surface area contributed by atoms with Gasteiger partial charge in [-0.15, -0.1) is 12.4 Å². The quantitative estimate of drug-likeness (QED) is 0.544. The fraction of sp³-hybridized carbons (Fsp3) is 0.360. The van der Waals surface area contributed by atoms with Gasteiger partial charge in [0.25, 0.3) is 5.91 Å². The Morgan fingerprint density at radius 2 is 1.92 bits per heavy atom. The van der Waals surface area contributed by atoms with Crippen LogP contribution in [0.1, 0.15) is 31.9 Å². The highest BCUT2D eigenvalue weighted by atomic mass is 79.9. The Hall–Kier alpha value is -3.13. The van der Waals surface area contributed by atoms with Crippen LogP contribution < -0.4 is 25.2 Å². The van der Waals surface area contributed by atoms with Gasteiger partial charge in [-0.2, -0.15) is 5.26 Å². The summed E-state index contributed by atoms with van der Waals surface area (Å²) in [5, 5.41) is 15.2. The van der Waals surface area contributed by atoms with Gasteiger partial charge in [0.2, 0.25) is 11.8 Å². The normalized spacial score (nSPS) is 17.8. The highest BCUT2D eigenvalue weighted by molar-refractivity contribution is 9.10. The third kappa shape index (κ3) is 5.81. The van der Waals surface area contributed by atoms with E-state index in [1.807, 2.05) is 12.1 Å². The highest BCUT2D eigenvalue weighted by Gasteiger charge is 2.42. The summed E-state index contributed by atoms with van der Waals surface area (Å²) in [7, 11) is 3.20. The summed E-state index contributed by atoms with van der Waals surface area (Å²) in [6.45, 7) is 4.90. The minimum atomic E-state index is -1.03. The number of ether oxygens (including phenoxy) is 1. The van der Waals surface area contributed by atoms with Crippen LogP contribution >= 0.6 is 28.3 Å². The molecule has 36 heavy (non-hydrogen) atoms. The predicted octanol–water partition coefficient (Wildman–Crippen LogP) is 3.13. The second-order valence-corrected chi connectivity index (χ2v) is 9.24. The number of benzene rings is 2. The van der Waals surface area contributed by atoms with E-state index in [1.54, 1.807) is 52.3 Å². The molecule has 0 fully saturated rings. The minimum Gasteiger partial charge on any atom is -0.496 e. The molecule has 1 aliphatic rings. The lowest BCUT2D eigenvalue weighted by atomic mass is 10.1. The van der Waals surface area contributed by atoms with Crippen molar-refractivity contribution in [2.75, 3.05) is 24.0 Å². The van der Waals surface area contributed by atoms with E-state index in [9.17, 15) is 19.6 Å². The molecule has 0 saturated carbocycles. The number of likely N-dealkylation sites (N-methyl/N-ethyl adjacent to an activating group) is 1. The van der Waals surface area contributed by atoms with E-state index in [4.69, 9.17) is 4.74 Å². The van der Waals surface area contributed by atoms with Crippen molar-refractivity contribution in [2.45, 2.75) is 45.4 Å². The number of hydrogen-bond acceptors (Lipinski definition) is 6. The van der Waals surface area contributed by atoms with Crippen molar-refractivity contribution >= 4 is 57.4 Å². The van der Waals surface area contributed by atoms with Gasteiger partial charge in [-0.05, 0) is 57.3 Å². The Bertz CT molecular complexity index is 1200. The molecule has 192 valence electrons. The van der Waals surface area contributed by atoms with E-state index in [-0.39, 0.29) is 36.7 Å². The number of hydrogen-bond donors (Lipinski definition) is 2. The van der Waals surface area contributed by atoms with Crippen molar-refractivity contribution in [3.05, 3.63) is 52.0 Å². The molecule has 1 unspecified atom stereocenters. The number of rotatable bonds is 6. The van der Waals surface area contributed by atoms with Gasteiger partial charge in [0.1, 0.15) is 11.8 Å². The van der Waals surface area contributed by atoms with Gasteiger partial charge in [0, 0.05) is 17.0 Å². The second kappa shape index (κ2) is 12.2. The SMILES string of the molecule is CNC(C)C(=O)N[C@@H]1C(=O)N(Cc2cc(Br)ccc2OC)c2ccc(C#N)cc2N(C(C)=O)[C@H]1C.Cl. The highest BCUT2D eigenvalue weighted by Crippen LogP contribution is 2.38. The summed E-state index contributed by atoms with van der Waals surface area (Å²) < 4.78 is 6.31. The molecule has 3 atom stereocenters. The lowest BCUT2D eigenvalue weighted by molar-refractivity contribution is -0.129. The molecule has 9 nitrogen and oxygen atoms in total. The van der Waals surface area contributed by atoms with Gasteiger partial charge in [-0.3, -0.25) is 14.4 Å². The standard InChI is InChI=1S/C25H28BrN5O4.ClH/c1-14(28-4)24(33)29-23-15(2)31(16(3)32)21-10-17(12-27)6-8-20(21)30(25(23)34)13-18-11-19(26)7-9-22(18)35-5;/h6-11,14-15,23,28H,13H2,1-5H3,(H,29,33);1H/t14?,15-,23-;/m0./s1. The number of amides is 3. The van der Waals surface area contributed by atoms with E-state index in [0.29, 0.717) is 22.7 Å². The number of halogens is 2. The van der Waals surface area contributed by atoms with Crippen molar-refractivity contribution in [3.8, 4) is 11.8 Å². The third-order valence-electron chi connectivity index (χ3n) is 6.11. The van der Waals surface area contributed by atoms with Crippen molar-refractivity contribution in [2.24, 2.45) is 0 Å². The van der Waals surface area contributed by atoms with Crippen LogP contribution in [-0.2, 0) is 20.9 Å². The number of carbonyl (C=O) groups is 3. The van der Waals surface area contributed by atoms with Gasteiger partial charge in [-0.25, -0.2) is 0 Å². The number of nitrogens with one attached hydrogen (secondary N) is 2. The van der Waals surface area contributed by atoms with E-state index in [2.05, 4.69) is 32.6 Å². The molecule has 2 aromatic carbocycles. The van der Waals surface area contributed by atoms with Gasteiger partial charge in [0.05, 0.1) is 48.7 Å². The lowest BCUT2D eigenvalue weighted by Gasteiger charge is -2.32. The summed E-state index contributed by atoms with van der Waals surface area (Å²) in [5.74, 6) is -0.485. The van der Waals surface area contributed by atoms with Crippen molar-refractivity contribution in [1.29, 1.82) is 5.26 Å². The maximum atomic E-state index is 14.0. The Morgan fingerprint density at radius 3 is 2.50 bits per heavy atom. The van der Waals surface area contributed by atoms with Crippen LogP contribution in [0.25, 0.3) is 0 Å². The predicted molar refractivity (Wildman–Crippen MR) is 143 cm³/mol. The molecule has 0 aromatic heterocycles. The zero-order chi connectivity index (χ0) is 25.9. The first-order valence-corrected chi connectivity index (χ1v) is 11.9. The molecule has 2 aromatic rings. The molecule has 3 amide bonds. The molecule has 0 saturated heterocycles. The minimum absolute atomic E-state index is 0. The summed E-state index contributed by atoms with van der Waals surface area (Å²) in [5.41, 5.74) is 1.95. The van der Waals surface area contributed by atoms with Crippen molar-refractivity contribution in [3.63, 3.8) is 0 Å². The maximum absolute atomic E-state index is 14.0. The molecule has 0 spiro atoms. The molecular formula is C25H29BrClN5O4. The third-order valence-corrected chi connectivity index (χ3v) is 6.60. The Kier molecular flexibility index (Phi) is 9.87. The van der Waals surface area contributed by atoms with E-state index >= 15 is 0 Å². The number of fused-ring (bicyclic) bond motifs is 1. The summed E-state index contributed by atoms with van der Waals surface area (Å²) in [6.07, 6.45) is 0. The van der Waals surface area contributed by atoms with Gasteiger partial charge in [-0.1, -0.05) is 15.9 Å². The largest absolute Gasteiger partial charge is 0.496 e. The summed E-state index contributed by atoms with van der Waals surface area (Å²) in [6, 6.07) is 10.1. The number of nitriles is 1. The first-order chi connectivity index (χ1) is 16.6. The lowest BCUT2D eigenvalue weighted by Crippen LogP contribution is -2.59. The first kappa shape index (κ1) is 29.1. The van der Waals surface area contributed by atoms with Crippen LogP contribution in [0, 0.1) is 11.3 Å². The fourth-order valence-corrected chi connectivity index (χ4v) is 4.54. The molecule has 0 aliphatic carbocycles. The molecule has 1 aliphatic heterocycles. The van der Waals surface area contributed by atoms with Crippen LogP contribution in [0.3, 0.4) is 0 Å².